The summed E-state index contributed by atoms with van der Waals surface area (Å²) < 4.78 is 12.9. The van der Waals surface area contributed by atoms with Crippen LogP contribution in [0.5, 0.6) is 0 Å². The molecule has 0 spiro atoms. The van der Waals surface area contributed by atoms with E-state index in [9.17, 15) is 14.0 Å². The highest BCUT2D eigenvalue weighted by atomic mass is 19.1. The van der Waals surface area contributed by atoms with Crippen LogP contribution in [0.15, 0.2) is 24.3 Å². The molecule has 0 saturated carbocycles. The van der Waals surface area contributed by atoms with Crippen LogP contribution >= 0.6 is 0 Å². The monoisotopic (exact) mass is 296 g/mol. The molecule has 116 valence electrons. The third-order valence-electron chi connectivity index (χ3n) is 2.90. The van der Waals surface area contributed by atoms with Gasteiger partial charge < -0.3 is 15.7 Å². The second-order valence-corrected chi connectivity index (χ2v) is 4.68. The molecular weight excluding hydrogens is 275 g/mol. The molecule has 0 aliphatic heterocycles. The average molecular weight is 296 g/mol. The molecule has 1 aromatic carbocycles. The summed E-state index contributed by atoms with van der Waals surface area (Å²) in [5, 5.41) is 13.7. The quantitative estimate of drug-likeness (QED) is 0.600. The first-order valence-electron chi connectivity index (χ1n) is 7.05. The molecule has 0 atom stereocenters. The molecule has 0 unspecified atom stereocenters. The molecule has 3 N–H and O–H groups in total. The number of amides is 2. The molecule has 0 heterocycles. The number of aliphatic hydroxyl groups excluding tert-OH is 1. The van der Waals surface area contributed by atoms with Gasteiger partial charge in [-0.05, 0) is 31.0 Å². The van der Waals surface area contributed by atoms with Crippen LogP contribution in [-0.2, 0) is 4.79 Å². The van der Waals surface area contributed by atoms with E-state index in [2.05, 4.69) is 10.6 Å². The maximum atomic E-state index is 12.9. The van der Waals surface area contributed by atoms with Crippen LogP contribution in [0, 0.1) is 5.82 Å². The predicted octanol–water partition coefficient (Wildman–Crippen LogP) is 1.22. The van der Waals surface area contributed by atoms with Crippen molar-refractivity contribution in [2.24, 2.45) is 0 Å². The third kappa shape index (κ3) is 7.41. The van der Waals surface area contributed by atoms with E-state index < -0.39 is 11.7 Å². The van der Waals surface area contributed by atoms with Gasteiger partial charge in [0.1, 0.15) is 5.82 Å². The van der Waals surface area contributed by atoms with Gasteiger partial charge in [-0.2, -0.15) is 0 Å². The molecule has 0 bridgehead atoms. The first-order valence-corrected chi connectivity index (χ1v) is 7.05. The summed E-state index contributed by atoms with van der Waals surface area (Å²) >= 11 is 0. The van der Waals surface area contributed by atoms with Crippen molar-refractivity contribution in [2.75, 3.05) is 19.7 Å². The van der Waals surface area contributed by atoms with Crippen molar-refractivity contribution >= 4 is 11.8 Å². The minimum absolute atomic E-state index is 0.133. The molecule has 0 saturated heterocycles. The van der Waals surface area contributed by atoms with Crippen LogP contribution in [0.2, 0.25) is 0 Å². The summed E-state index contributed by atoms with van der Waals surface area (Å²) in [6, 6.07) is 5.29. The van der Waals surface area contributed by atoms with E-state index in [0.717, 1.165) is 31.7 Å². The number of halogens is 1. The first-order chi connectivity index (χ1) is 10.1. The zero-order chi connectivity index (χ0) is 15.5. The Balaban J connectivity index is 2.16. The molecule has 0 aliphatic carbocycles. The van der Waals surface area contributed by atoms with E-state index in [1.54, 1.807) is 0 Å². The second-order valence-electron chi connectivity index (χ2n) is 4.68. The number of carbonyl (C=O) groups is 2. The van der Waals surface area contributed by atoms with Crippen LogP contribution in [0.25, 0.3) is 0 Å². The Bertz CT molecular complexity index is 466. The van der Waals surface area contributed by atoms with E-state index in [-0.39, 0.29) is 24.6 Å². The van der Waals surface area contributed by atoms with Gasteiger partial charge in [0, 0.05) is 18.7 Å². The summed E-state index contributed by atoms with van der Waals surface area (Å²) in [4.78, 5) is 23.2. The van der Waals surface area contributed by atoms with Gasteiger partial charge in [0.2, 0.25) is 5.91 Å². The van der Waals surface area contributed by atoms with E-state index in [4.69, 9.17) is 5.11 Å². The second kappa shape index (κ2) is 9.88. The van der Waals surface area contributed by atoms with Crippen molar-refractivity contribution in [1.29, 1.82) is 0 Å². The molecule has 0 aromatic heterocycles. The Morgan fingerprint density at radius 2 is 1.86 bits per heavy atom. The van der Waals surface area contributed by atoms with Gasteiger partial charge in [0.15, 0.2) is 0 Å². The summed E-state index contributed by atoms with van der Waals surface area (Å²) in [6.07, 6.45) is 3.49. The predicted molar refractivity (Wildman–Crippen MR) is 77.3 cm³/mol. The Hall–Kier alpha value is -1.95. The number of hydrogen-bond donors (Lipinski definition) is 3. The molecule has 21 heavy (non-hydrogen) atoms. The lowest BCUT2D eigenvalue weighted by molar-refractivity contribution is -0.120. The van der Waals surface area contributed by atoms with Crippen molar-refractivity contribution in [3.05, 3.63) is 35.6 Å². The minimum Gasteiger partial charge on any atom is -0.396 e. The van der Waals surface area contributed by atoms with Gasteiger partial charge in [-0.25, -0.2) is 4.39 Å². The SMILES string of the molecule is O=C(CNC(=O)c1cccc(F)c1)NCCCCCCO. The zero-order valence-electron chi connectivity index (χ0n) is 11.9. The molecule has 2 amide bonds. The number of unbranched alkanes of at least 4 members (excludes halogenated alkanes) is 3. The zero-order valence-corrected chi connectivity index (χ0v) is 11.9. The highest BCUT2D eigenvalue weighted by Gasteiger charge is 2.08. The van der Waals surface area contributed by atoms with E-state index in [1.807, 2.05) is 0 Å². The van der Waals surface area contributed by atoms with Gasteiger partial charge in [-0.1, -0.05) is 18.9 Å². The van der Waals surface area contributed by atoms with Crippen molar-refractivity contribution in [3.8, 4) is 0 Å². The number of carbonyl (C=O) groups excluding carboxylic acids is 2. The van der Waals surface area contributed by atoms with Gasteiger partial charge in [-0.15, -0.1) is 0 Å². The molecule has 5 nitrogen and oxygen atoms in total. The van der Waals surface area contributed by atoms with Crippen molar-refractivity contribution in [3.63, 3.8) is 0 Å². The fourth-order valence-electron chi connectivity index (χ4n) is 1.77. The largest absolute Gasteiger partial charge is 0.396 e. The van der Waals surface area contributed by atoms with Crippen molar-refractivity contribution in [1.82, 2.24) is 10.6 Å². The molecule has 6 heteroatoms. The smallest absolute Gasteiger partial charge is 0.251 e. The van der Waals surface area contributed by atoms with Crippen LogP contribution in [-0.4, -0.2) is 36.6 Å². The Kier molecular flexibility index (Phi) is 8.04. The molecule has 0 radical (unpaired) electrons. The minimum atomic E-state index is -0.491. The first kappa shape index (κ1) is 17.1. The molecular formula is C15H21FN2O3. The molecule has 1 rings (SSSR count). The van der Waals surface area contributed by atoms with Crippen LogP contribution in [0.1, 0.15) is 36.0 Å². The van der Waals surface area contributed by atoms with Gasteiger partial charge in [0.25, 0.3) is 5.91 Å². The topological polar surface area (TPSA) is 78.4 Å². The highest BCUT2D eigenvalue weighted by molar-refractivity contribution is 5.96. The lowest BCUT2D eigenvalue weighted by Gasteiger charge is -2.07. The number of benzene rings is 1. The Morgan fingerprint density at radius 3 is 2.57 bits per heavy atom. The molecule has 0 fully saturated rings. The molecule has 0 aliphatic rings. The van der Waals surface area contributed by atoms with Crippen molar-refractivity contribution < 1.29 is 19.1 Å². The summed E-state index contributed by atoms with van der Waals surface area (Å²) in [5.41, 5.74) is 0.187. The van der Waals surface area contributed by atoms with Gasteiger partial charge in [0.05, 0.1) is 6.54 Å². The number of rotatable bonds is 9. The average Bonchev–Trinajstić information content (AvgIpc) is 2.48. The summed E-state index contributed by atoms with van der Waals surface area (Å²) in [7, 11) is 0. The fraction of sp³-hybridized carbons (Fsp3) is 0.467. The maximum absolute atomic E-state index is 12.9. The van der Waals surface area contributed by atoms with Gasteiger partial charge >= 0.3 is 0 Å². The number of nitrogens with one attached hydrogen (secondary N) is 2. The summed E-state index contributed by atoms with van der Waals surface area (Å²) in [6.45, 7) is 0.602. The van der Waals surface area contributed by atoms with Crippen LogP contribution < -0.4 is 10.6 Å². The normalized spacial score (nSPS) is 10.2. The maximum Gasteiger partial charge on any atom is 0.251 e. The van der Waals surface area contributed by atoms with E-state index >= 15 is 0 Å². The van der Waals surface area contributed by atoms with E-state index in [1.165, 1.54) is 18.2 Å². The van der Waals surface area contributed by atoms with Crippen molar-refractivity contribution in [2.45, 2.75) is 25.7 Å². The molecule has 1 aromatic rings. The third-order valence-corrected chi connectivity index (χ3v) is 2.90. The van der Waals surface area contributed by atoms with Crippen LogP contribution in [0.4, 0.5) is 4.39 Å². The van der Waals surface area contributed by atoms with Crippen LogP contribution in [0.3, 0.4) is 0 Å². The number of hydrogen-bond acceptors (Lipinski definition) is 3. The lowest BCUT2D eigenvalue weighted by Crippen LogP contribution is -2.37. The Morgan fingerprint density at radius 1 is 1.10 bits per heavy atom. The summed E-state index contributed by atoms with van der Waals surface area (Å²) in [5.74, 6) is -1.25. The van der Waals surface area contributed by atoms with Gasteiger partial charge in [-0.3, -0.25) is 9.59 Å². The Labute approximate surface area is 123 Å². The number of aliphatic hydroxyl groups is 1. The van der Waals surface area contributed by atoms with E-state index in [0.29, 0.717) is 6.54 Å². The highest BCUT2D eigenvalue weighted by Crippen LogP contribution is 2.02. The standard InChI is InChI=1S/C15H21FN2O3/c16-13-7-5-6-12(10-13)15(21)18-11-14(20)17-8-3-1-2-4-9-19/h5-7,10,19H,1-4,8-9,11H2,(H,17,20)(H,18,21). The lowest BCUT2D eigenvalue weighted by atomic mass is 10.2. The fourth-order valence-corrected chi connectivity index (χ4v) is 1.77.